The molecule has 2 aromatic rings. The van der Waals surface area contributed by atoms with Gasteiger partial charge in [0, 0.05) is 18.2 Å². The quantitative estimate of drug-likeness (QED) is 0.894. The van der Waals surface area contributed by atoms with E-state index in [0.29, 0.717) is 11.6 Å². The maximum Gasteiger partial charge on any atom is 0.243 e. The predicted octanol–water partition coefficient (Wildman–Crippen LogP) is 2.58. The summed E-state index contributed by atoms with van der Waals surface area (Å²) in [6.07, 6.45) is 6.20. The molecule has 5 rings (SSSR count). The zero-order valence-electron chi connectivity index (χ0n) is 14.9. The van der Waals surface area contributed by atoms with E-state index in [0.717, 1.165) is 55.7 Å². The molecule has 1 saturated heterocycles. The molecule has 7 nitrogen and oxygen atoms in total. The number of carbonyl (C=O) groups excluding carboxylic acids is 1. The van der Waals surface area contributed by atoms with Gasteiger partial charge in [0.05, 0.1) is 17.7 Å². The lowest BCUT2D eigenvalue weighted by atomic mass is 10.0. The van der Waals surface area contributed by atoms with Crippen molar-refractivity contribution in [1.29, 1.82) is 0 Å². The Balaban J connectivity index is 1.43. The van der Waals surface area contributed by atoms with Crippen LogP contribution >= 0.6 is 0 Å². The summed E-state index contributed by atoms with van der Waals surface area (Å²) in [5.74, 6) is 1.66. The number of hydrogen-bond donors (Lipinski definition) is 1. The second-order valence-electron chi connectivity index (χ2n) is 7.31. The van der Waals surface area contributed by atoms with Crippen molar-refractivity contribution >= 4 is 17.4 Å². The van der Waals surface area contributed by atoms with Crippen LogP contribution in [-0.2, 0) is 21.6 Å². The monoisotopic (exact) mass is 367 g/mol. The molecule has 1 spiro atoms. The molecule has 1 aromatic carbocycles. The van der Waals surface area contributed by atoms with E-state index < -0.39 is 5.41 Å². The largest absolute Gasteiger partial charge is 0.465 e. The van der Waals surface area contributed by atoms with Crippen LogP contribution in [0.2, 0.25) is 0 Å². The number of aromatic nitrogens is 2. The summed E-state index contributed by atoms with van der Waals surface area (Å²) in [5.41, 5.74) is 1.12. The van der Waals surface area contributed by atoms with E-state index in [4.69, 9.17) is 9.47 Å². The van der Waals surface area contributed by atoms with Gasteiger partial charge in [0.15, 0.2) is 12.1 Å². The molecule has 1 unspecified atom stereocenters. The third-order valence-corrected chi connectivity index (χ3v) is 5.55. The number of aliphatic hydroxyl groups is 1. The number of ether oxygens (including phenoxy) is 2. The number of nitrogens with zero attached hydrogens (tertiary/aromatic N) is 3. The van der Waals surface area contributed by atoms with Crippen LogP contribution in [0.5, 0.6) is 5.75 Å². The number of amides is 1. The van der Waals surface area contributed by atoms with Gasteiger partial charge in [-0.05, 0) is 49.9 Å². The van der Waals surface area contributed by atoms with E-state index >= 15 is 0 Å². The van der Waals surface area contributed by atoms with Crippen LogP contribution in [0.15, 0.2) is 30.5 Å². The molecule has 7 heteroatoms. The van der Waals surface area contributed by atoms with Crippen molar-refractivity contribution < 1.29 is 19.4 Å². The van der Waals surface area contributed by atoms with E-state index in [1.54, 1.807) is 11.1 Å². The van der Waals surface area contributed by atoms with Crippen molar-refractivity contribution in [2.24, 2.45) is 0 Å². The lowest BCUT2D eigenvalue weighted by Crippen LogP contribution is -2.28. The molecule has 27 heavy (non-hydrogen) atoms. The van der Waals surface area contributed by atoms with Crippen LogP contribution < -0.4 is 9.64 Å². The number of aliphatic hydroxyl groups excluding tert-OH is 1. The first kappa shape index (κ1) is 16.6. The Morgan fingerprint density at radius 2 is 2.07 bits per heavy atom. The van der Waals surface area contributed by atoms with Gasteiger partial charge in [0.2, 0.25) is 5.91 Å². The molecule has 2 aliphatic heterocycles. The summed E-state index contributed by atoms with van der Waals surface area (Å²) < 4.78 is 11.5. The molecule has 1 N–H and O–H groups in total. The maximum absolute atomic E-state index is 13.1. The molecular weight excluding hydrogens is 346 g/mol. The second kappa shape index (κ2) is 6.28. The Morgan fingerprint density at radius 1 is 1.26 bits per heavy atom. The number of fused-ring (bicyclic) bond motifs is 2. The number of anilines is 2. The van der Waals surface area contributed by atoms with Crippen LogP contribution in [0.1, 0.15) is 43.5 Å². The van der Waals surface area contributed by atoms with Crippen molar-refractivity contribution in [3.05, 3.63) is 41.9 Å². The number of hydrogen-bond acceptors (Lipinski definition) is 6. The lowest BCUT2D eigenvalue weighted by Gasteiger charge is -2.24. The smallest absolute Gasteiger partial charge is 0.243 e. The highest BCUT2D eigenvalue weighted by molar-refractivity contribution is 6.13. The van der Waals surface area contributed by atoms with Crippen LogP contribution in [0, 0.1) is 0 Å². The van der Waals surface area contributed by atoms with Gasteiger partial charge >= 0.3 is 0 Å². The zero-order chi connectivity index (χ0) is 18.4. The zero-order valence-corrected chi connectivity index (χ0v) is 14.9. The highest BCUT2D eigenvalue weighted by atomic mass is 16.7. The number of rotatable bonds is 4. The fourth-order valence-electron chi connectivity index (χ4n) is 3.90. The van der Waals surface area contributed by atoms with E-state index in [9.17, 15) is 9.90 Å². The lowest BCUT2D eigenvalue weighted by molar-refractivity contribution is -0.119. The third kappa shape index (κ3) is 2.69. The molecule has 1 amide bonds. The summed E-state index contributed by atoms with van der Waals surface area (Å²) in [4.78, 5) is 23.3. The number of carbonyl (C=O) groups is 1. The first-order valence-electron chi connectivity index (χ1n) is 9.41. The first-order chi connectivity index (χ1) is 13.2. The molecule has 3 heterocycles. The van der Waals surface area contributed by atoms with Crippen molar-refractivity contribution in [2.45, 2.75) is 50.4 Å². The maximum atomic E-state index is 13.1. The summed E-state index contributed by atoms with van der Waals surface area (Å²) in [7, 11) is 0. The summed E-state index contributed by atoms with van der Waals surface area (Å²) >= 11 is 0. The minimum absolute atomic E-state index is 0.0335. The van der Waals surface area contributed by atoms with E-state index in [1.165, 1.54) is 0 Å². The molecule has 1 aliphatic carbocycles. The van der Waals surface area contributed by atoms with Gasteiger partial charge < -0.3 is 14.6 Å². The Morgan fingerprint density at radius 3 is 2.74 bits per heavy atom. The van der Waals surface area contributed by atoms with Crippen molar-refractivity contribution in [3.8, 4) is 5.75 Å². The topological polar surface area (TPSA) is 84.8 Å². The third-order valence-electron chi connectivity index (χ3n) is 5.55. The highest BCUT2D eigenvalue weighted by Crippen LogP contribution is 2.58. The summed E-state index contributed by atoms with van der Waals surface area (Å²) in [6, 6.07) is 7.43. The average molecular weight is 367 g/mol. The fraction of sp³-hybridized carbons (Fsp3) is 0.450. The number of benzene rings is 1. The molecule has 0 radical (unpaired) electrons. The molecule has 1 aromatic heterocycles. The second-order valence-corrected chi connectivity index (χ2v) is 7.31. The molecule has 3 aliphatic rings. The van der Waals surface area contributed by atoms with Crippen LogP contribution in [0.25, 0.3) is 0 Å². The van der Waals surface area contributed by atoms with Crippen molar-refractivity contribution in [2.75, 3.05) is 11.5 Å². The minimum Gasteiger partial charge on any atom is -0.465 e. The van der Waals surface area contributed by atoms with Gasteiger partial charge in [-0.3, -0.25) is 9.69 Å². The van der Waals surface area contributed by atoms with Crippen molar-refractivity contribution in [3.63, 3.8) is 0 Å². The van der Waals surface area contributed by atoms with Gasteiger partial charge in [-0.15, -0.1) is 0 Å². The van der Waals surface area contributed by atoms with Gasteiger partial charge in [-0.2, -0.15) is 0 Å². The van der Waals surface area contributed by atoms with Crippen LogP contribution in [-0.4, -0.2) is 33.9 Å². The summed E-state index contributed by atoms with van der Waals surface area (Å²) in [5, 5.41) is 9.37. The Hall–Kier alpha value is -2.51. The SMILES string of the molecule is O=C1N(c2ccc(OC3CCCCO3)cc2)c2nc(CO)ncc2C12CC2. The molecule has 0 bridgehead atoms. The molecule has 1 atom stereocenters. The van der Waals surface area contributed by atoms with Crippen LogP contribution in [0.3, 0.4) is 0 Å². The molecule has 1 saturated carbocycles. The van der Waals surface area contributed by atoms with E-state index in [2.05, 4.69) is 9.97 Å². The van der Waals surface area contributed by atoms with Gasteiger partial charge in [0.1, 0.15) is 18.2 Å². The normalized spacial score (nSPS) is 22.8. The van der Waals surface area contributed by atoms with Crippen molar-refractivity contribution in [1.82, 2.24) is 9.97 Å². The van der Waals surface area contributed by atoms with Gasteiger partial charge in [0.25, 0.3) is 0 Å². The minimum atomic E-state index is -0.478. The van der Waals surface area contributed by atoms with E-state index in [1.807, 2.05) is 24.3 Å². The van der Waals surface area contributed by atoms with E-state index in [-0.39, 0.29) is 18.8 Å². The predicted molar refractivity (Wildman–Crippen MR) is 96.7 cm³/mol. The van der Waals surface area contributed by atoms with Crippen LogP contribution in [0.4, 0.5) is 11.5 Å². The average Bonchev–Trinajstić information content (AvgIpc) is 3.48. The standard InChI is InChI=1S/C20H21N3O4/c24-12-16-21-11-15-18(22-16)23(19(25)20(15)8-9-20)13-4-6-14(7-5-13)27-17-3-1-2-10-26-17/h4-7,11,17,24H,1-3,8-10,12H2. The van der Waals surface area contributed by atoms with Gasteiger partial charge in [-0.1, -0.05) is 0 Å². The summed E-state index contributed by atoms with van der Waals surface area (Å²) in [6.45, 7) is 0.479. The molecule has 2 fully saturated rings. The molecular formula is C20H21N3O4. The highest BCUT2D eigenvalue weighted by Gasteiger charge is 2.60. The fourth-order valence-corrected chi connectivity index (χ4v) is 3.90. The first-order valence-corrected chi connectivity index (χ1v) is 9.41. The Labute approximate surface area is 157 Å². The Kier molecular flexibility index (Phi) is 3.87. The van der Waals surface area contributed by atoms with Gasteiger partial charge in [-0.25, -0.2) is 9.97 Å². The Bertz CT molecular complexity index is 873. The molecule has 140 valence electrons.